The van der Waals surface area contributed by atoms with E-state index in [2.05, 4.69) is 20.8 Å². The van der Waals surface area contributed by atoms with Crippen molar-refractivity contribution in [2.75, 3.05) is 10.6 Å². The van der Waals surface area contributed by atoms with Crippen LogP contribution in [0, 0.1) is 5.82 Å². The first-order valence-electron chi connectivity index (χ1n) is 9.29. The summed E-state index contributed by atoms with van der Waals surface area (Å²) < 4.78 is 17.3. The van der Waals surface area contributed by atoms with E-state index in [1.165, 1.54) is 6.07 Å². The maximum Gasteiger partial charge on any atom is 0.177 e. The molecule has 2 heterocycles. The average molecular weight is 475 g/mol. The fourth-order valence-electron chi connectivity index (χ4n) is 2.94. The second kappa shape index (κ2) is 9.47. The number of thiocarbonyl (C=S) groups is 1. The molecule has 0 radical (unpaired) electrons. The number of anilines is 2. The molecule has 6 nitrogen and oxygen atoms in total. The zero-order valence-corrected chi connectivity index (χ0v) is 18.4. The number of benzene rings is 2. The third kappa shape index (κ3) is 5.41. The van der Waals surface area contributed by atoms with E-state index in [1.54, 1.807) is 33.8 Å². The van der Waals surface area contributed by atoms with Crippen molar-refractivity contribution in [2.24, 2.45) is 0 Å². The van der Waals surface area contributed by atoms with Gasteiger partial charge in [0.1, 0.15) is 5.82 Å². The quantitative estimate of drug-likeness (QED) is 0.364. The zero-order chi connectivity index (χ0) is 21.8. The monoisotopic (exact) mass is 474 g/mol. The van der Waals surface area contributed by atoms with Gasteiger partial charge in [0.05, 0.1) is 13.1 Å². The van der Waals surface area contributed by atoms with E-state index in [4.69, 9.17) is 35.4 Å². The van der Waals surface area contributed by atoms with Gasteiger partial charge >= 0.3 is 0 Å². The predicted octanol–water partition coefficient (Wildman–Crippen LogP) is 5.43. The minimum atomic E-state index is -0.373. The van der Waals surface area contributed by atoms with Gasteiger partial charge in [-0.25, -0.2) is 4.39 Å². The highest BCUT2D eigenvalue weighted by molar-refractivity contribution is 7.80. The van der Waals surface area contributed by atoms with E-state index < -0.39 is 0 Å². The summed E-state index contributed by atoms with van der Waals surface area (Å²) in [4.78, 5) is 0. The van der Waals surface area contributed by atoms with Crippen LogP contribution in [0.25, 0.3) is 0 Å². The number of hydrogen-bond donors (Lipinski definition) is 2. The molecule has 2 aromatic heterocycles. The van der Waals surface area contributed by atoms with E-state index in [1.807, 2.05) is 36.5 Å². The van der Waals surface area contributed by atoms with Gasteiger partial charge in [-0.05, 0) is 36.0 Å². The SMILES string of the molecule is Fc1cccc(Cl)c1Cn1ccc(NC(=S)Nc2ccn(Cc3ccccc3Cl)n2)n1. The summed E-state index contributed by atoms with van der Waals surface area (Å²) >= 11 is 17.6. The topological polar surface area (TPSA) is 59.7 Å². The van der Waals surface area contributed by atoms with E-state index in [0.29, 0.717) is 38.9 Å². The molecule has 0 aliphatic carbocycles. The third-order valence-electron chi connectivity index (χ3n) is 4.44. The van der Waals surface area contributed by atoms with Gasteiger partial charge in [-0.15, -0.1) is 0 Å². The number of halogens is 3. The van der Waals surface area contributed by atoms with Crippen LogP contribution in [0.3, 0.4) is 0 Å². The maximum atomic E-state index is 14.0. The number of nitrogens with one attached hydrogen (secondary N) is 2. The highest BCUT2D eigenvalue weighted by Crippen LogP contribution is 2.20. The molecule has 10 heteroatoms. The number of nitrogens with zero attached hydrogens (tertiary/aromatic N) is 4. The lowest BCUT2D eigenvalue weighted by Crippen LogP contribution is -2.20. The second-order valence-corrected chi connectivity index (χ2v) is 7.89. The lowest BCUT2D eigenvalue weighted by molar-refractivity contribution is 0.586. The largest absolute Gasteiger partial charge is 0.316 e. The highest BCUT2D eigenvalue weighted by atomic mass is 35.5. The summed E-state index contributed by atoms with van der Waals surface area (Å²) in [5.74, 6) is 0.727. The molecule has 0 unspecified atom stereocenters. The summed E-state index contributed by atoms with van der Waals surface area (Å²) in [7, 11) is 0. The Morgan fingerprint density at radius 1 is 0.839 bits per heavy atom. The minimum Gasteiger partial charge on any atom is -0.316 e. The fourth-order valence-corrected chi connectivity index (χ4v) is 3.57. The Morgan fingerprint density at radius 3 is 2.10 bits per heavy atom. The molecule has 0 aliphatic rings. The average Bonchev–Trinajstić information content (AvgIpc) is 3.36. The molecule has 0 saturated heterocycles. The molecule has 158 valence electrons. The van der Waals surface area contributed by atoms with Gasteiger partial charge in [0.2, 0.25) is 0 Å². The van der Waals surface area contributed by atoms with Crippen LogP contribution in [-0.2, 0) is 13.1 Å². The van der Waals surface area contributed by atoms with Gasteiger partial charge in [-0.2, -0.15) is 10.2 Å². The van der Waals surface area contributed by atoms with Crippen molar-refractivity contribution in [3.63, 3.8) is 0 Å². The van der Waals surface area contributed by atoms with Crippen LogP contribution in [0.1, 0.15) is 11.1 Å². The van der Waals surface area contributed by atoms with Gasteiger partial charge in [-0.3, -0.25) is 9.36 Å². The Balaban J connectivity index is 1.35. The normalized spacial score (nSPS) is 10.8. The summed E-state index contributed by atoms with van der Waals surface area (Å²) in [5, 5.41) is 16.2. The number of rotatable bonds is 6. The number of aromatic nitrogens is 4. The van der Waals surface area contributed by atoms with Gasteiger partial charge in [0.25, 0.3) is 0 Å². The molecule has 2 aromatic carbocycles. The molecule has 31 heavy (non-hydrogen) atoms. The molecule has 0 saturated carbocycles. The van der Waals surface area contributed by atoms with Crippen LogP contribution >= 0.6 is 35.4 Å². The van der Waals surface area contributed by atoms with Crippen molar-refractivity contribution in [1.29, 1.82) is 0 Å². The smallest absolute Gasteiger partial charge is 0.177 e. The van der Waals surface area contributed by atoms with Crippen LogP contribution in [0.4, 0.5) is 16.0 Å². The van der Waals surface area contributed by atoms with Crippen LogP contribution in [0.5, 0.6) is 0 Å². The van der Waals surface area contributed by atoms with Gasteiger partial charge in [-0.1, -0.05) is 47.5 Å². The van der Waals surface area contributed by atoms with Crippen LogP contribution in [0.15, 0.2) is 67.0 Å². The van der Waals surface area contributed by atoms with Crippen molar-refractivity contribution < 1.29 is 4.39 Å². The van der Waals surface area contributed by atoms with E-state index in [-0.39, 0.29) is 12.4 Å². The van der Waals surface area contributed by atoms with Crippen molar-refractivity contribution >= 4 is 52.2 Å². The van der Waals surface area contributed by atoms with E-state index in [9.17, 15) is 4.39 Å². The van der Waals surface area contributed by atoms with Crippen molar-refractivity contribution in [3.8, 4) is 0 Å². The Kier molecular flexibility index (Phi) is 6.50. The summed E-state index contributed by atoms with van der Waals surface area (Å²) in [6, 6.07) is 15.7. The Bertz CT molecular complexity index is 1200. The molecule has 0 spiro atoms. The molecule has 0 bridgehead atoms. The summed E-state index contributed by atoms with van der Waals surface area (Å²) in [6.45, 7) is 0.754. The molecule has 0 aliphatic heterocycles. The van der Waals surface area contributed by atoms with E-state index >= 15 is 0 Å². The van der Waals surface area contributed by atoms with Crippen LogP contribution in [-0.4, -0.2) is 24.7 Å². The minimum absolute atomic E-state index is 0.208. The fraction of sp³-hybridized carbons (Fsp3) is 0.0952. The Labute approximate surface area is 193 Å². The van der Waals surface area contributed by atoms with Gasteiger partial charge < -0.3 is 10.6 Å². The highest BCUT2D eigenvalue weighted by Gasteiger charge is 2.10. The third-order valence-corrected chi connectivity index (χ3v) is 5.36. The lowest BCUT2D eigenvalue weighted by Gasteiger charge is -2.07. The maximum absolute atomic E-state index is 14.0. The second-order valence-electron chi connectivity index (χ2n) is 6.67. The van der Waals surface area contributed by atoms with Gasteiger partial charge in [0, 0.05) is 40.1 Å². The first-order valence-corrected chi connectivity index (χ1v) is 10.5. The van der Waals surface area contributed by atoms with E-state index in [0.717, 1.165) is 5.56 Å². The first kappa shape index (κ1) is 21.3. The molecular weight excluding hydrogens is 458 g/mol. The van der Waals surface area contributed by atoms with Gasteiger partial charge in [0.15, 0.2) is 16.7 Å². The Hall–Kier alpha value is -2.94. The summed E-state index contributed by atoms with van der Waals surface area (Å²) in [5.41, 5.74) is 1.35. The standard InChI is InChI=1S/C21H17Cl2FN6S/c22-16-5-2-1-4-14(16)12-29-10-8-19(27-29)25-21(31)26-20-9-11-30(28-20)13-15-17(23)6-3-7-18(15)24/h1-11H,12-13H2,(H2,25,26,27,28,31). The molecule has 0 atom stereocenters. The van der Waals surface area contributed by atoms with Crippen molar-refractivity contribution in [1.82, 2.24) is 19.6 Å². The molecule has 4 rings (SSSR count). The lowest BCUT2D eigenvalue weighted by atomic mass is 10.2. The van der Waals surface area contributed by atoms with Crippen LogP contribution in [0.2, 0.25) is 10.0 Å². The van der Waals surface area contributed by atoms with Crippen LogP contribution < -0.4 is 10.6 Å². The predicted molar refractivity (Wildman–Crippen MR) is 125 cm³/mol. The summed E-state index contributed by atoms with van der Waals surface area (Å²) in [6.07, 6.45) is 3.55. The Morgan fingerprint density at radius 2 is 1.45 bits per heavy atom. The molecule has 0 fully saturated rings. The molecular formula is C21H17Cl2FN6S. The molecule has 0 amide bonds. The molecule has 4 aromatic rings. The molecule has 2 N–H and O–H groups in total. The zero-order valence-electron chi connectivity index (χ0n) is 16.1. The van der Waals surface area contributed by atoms with Crippen molar-refractivity contribution in [3.05, 3.63) is 94.0 Å². The van der Waals surface area contributed by atoms with Crippen molar-refractivity contribution in [2.45, 2.75) is 13.1 Å². The number of hydrogen-bond acceptors (Lipinski definition) is 3. The first-order chi connectivity index (χ1) is 15.0.